The quantitative estimate of drug-likeness (QED) is 0.0400. The lowest BCUT2D eigenvalue weighted by molar-refractivity contribution is -0.235. The van der Waals surface area contributed by atoms with Crippen LogP contribution in [0, 0.1) is 22.7 Å². The lowest BCUT2D eigenvalue weighted by atomic mass is 9.51. The monoisotopic (exact) mass is 986 g/mol. The Hall–Kier alpha value is -5.25. The third-order valence-corrected chi connectivity index (χ3v) is 15.4. The van der Waals surface area contributed by atoms with Gasteiger partial charge in [0.1, 0.15) is 40.9 Å². The molecule has 5 amide bonds. The van der Waals surface area contributed by atoms with Crippen molar-refractivity contribution in [2.45, 2.75) is 122 Å². The van der Waals surface area contributed by atoms with E-state index in [2.05, 4.69) is 10.6 Å². The van der Waals surface area contributed by atoms with Crippen LogP contribution < -0.4 is 10.6 Å². The van der Waals surface area contributed by atoms with Crippen molar-refractivity contribution < 1.29 is 75.2 Å². The van der Waals surface area contributed by atoms with E-state index in [-0.39, 0.29) is 51.0 Å². The molecule has 4 aliphatic heterocycles. The molecule has 6 rings (SSSR count). The number of nitrogens with zero attached hydrogens (tertiary/aromatic N) is 2. The van der Waals surface area contributed by atoms with Gasteiger partial charge in [0.15, 0.2) is 6.10 Å². The zero-order valence-corrected chi connectivity index (χ0v) is 41.0. The number of unbranched alkanes of at least 4 members (excludes halogenated alkanes) is 2. The summed E-state index contributed by atoms with van der Waals surface area (Å²) >= 11 is 0. The highest BCUT2D eigenvalue weighted by molar-refractivity contribution is 7.90. The predicted molar refractivity (Wildman–Crippen MR) is 245 cm³/mol. The van der Waals surface area contributed by atoms with E-state index in [9.17, 15) is 46.8 Å². The van der Waals surface area contributed by atoms with Gasteiger partial charge in [0.25, 0.3) is 11.8 Å². The van der Waals surface area contributed by atoms with Crippen molar-refractivity contribution in [2.24, 2.45) is 22.7 Å². The minimum absolute atomic E-state index is 0.0717. The SMILES string of the molecule is CC1=C[C@H]2O[C@@H]3C[C@H]4OC(=O)/C=C\C=C\C(=O)OCC[C@@H](C)[C@H](OCN(CCS(C)(=O)=O)C(=O)CNC(=O)[C@@H](NC(=O)CCCCCN5C(=O)C=CC5=O)C(C)C)C(=O)OC[C@@]2(CC1)[C@]4(C)[C@]31CO1. The molecule has 69 heavy (non-hydrogen) atoms. The van der Waals surface area contributed by atoms with Crippen molar-refractivity contribution in [1.29, 1.82) is 0 Å². The largest absolute Gasteiger partial charge is 0.463 e. The van der Waals surface area contributed by atoms with E-state index >= 15 is 0 Å². The Kier molecular flexibility index (Phi) is 17.1. The number of amides is 5. The van der Waals surface area contributed by atoms with E-state index < -0.39 is 123 Å². The number of carbonyl (C=O) groups is 8. The number of ether oxygens (including phenoxy) is 6. The van der Waals surface area contributed by atoms with Crippen molar-refractivity contribution in [3.8, 4) is 0 Å². The fourth-order valence-electron chi connectivity index (χ4n) is 10.1. The number of carbonyl (C=O) groups excluding carboxylic acids is 8. The second-order valence-corrected chi connectivity index (χ2v) is 21.8. The molecule has 4 heterocycles. The van der Waals surface area contributed by atoms with Crippen LogP contribution in [0.5, 0.6) is 0 Å². The molecule has 9 atom stereocenters. The summed E-state index contributed by atoms with van der Waals surface area (Å²) < 4.78 is 61.6. The van der Waals surface area contributed by atoms with Crippen LogP contribution in [0.15, 0.2) is 48.1 Å². The first-order valence-corrected chi connectivity index (χ1v) is 25.7. The normalized spacial score (nSPS) is 31.6. The van der Waals surface area contributed by atoms with Gasteiger partial charge < -0.3 is 44.0 Å². The van der Waals surface area contributed by atoms with Crippen LogP contribution in [0.25, 0.3) is 0 Å². The van der Waals surface area contributed by atoms with Crippen LogP contribution in [-0.2, 0) is 76.6 Å². The van der Waals surface area contributed by atoms with Crippen molar-refractivity contribution in [1.82, 2.24) is 20.4 Å². The number of allylic oxidation sites excluding steroid dienone is 3. The van der Waals surface area contributed by atoms with E-state index in [1.54, 1.807) is 20.8 Å². The molecule has 0 aromatic carbocycles. The van der Waals surface area contributed by atoms with Gasteiger partial charge in [0.2, 0.25) is 17.7 Å². The molecule has 6 aliphatic rings. The van der Waals surface area contributed by atoms with Gasteiger partial charge >= 0.3 is 17.9 Å². The van der Waals surface area contributed by atoms with Crippen molar-refractivity contribution in [3.63, 3.8) is 0 Å². The number of sulfone groups is 1. The maximum Gasteiger partial charge on any atom is 0.335 e. The average Bonchev–Trinajstić information content (AvgIpc) is 4.00. The maximum absolute atomic E-state index is 14.5. The summed E-state index contributed by atoms with van der Waals surface area (Å²) in [5.74, 6) is -6.29. The van der Waals surface area contributed by atoms with Gasteiger partial charge in [-0.3, -0.25) is 28.9 Å². The molecule has 2 spiro atoms. The molecule has 21 heteroatoms. The molecule has 2 aliphatic carbocycles. The zero-order chi connectivity index (χ0) is 50.3. The van der Waals surface area contributed by atoms with Crippen LogP contribution in [0.1, 0.15) is 86.0 Å². The summed E-state index contributed by atoms with van der Waals surface area (Å²) in [7, 11) is -3.63. The second-order valence-electron chi connectivity index (χ2n) is 19.5. The first-order chi connectivity index (χ1) is 32.6. The number of hydrogen-bond acceptors (Lipinski definition) is 16. The Labute approximate surface area is 402 Å². The Bertz CT molecular complexity index is 2240. The molecule has 0 radical (unpaired) electrons. The van der Waals surface area contributed by atoms with Gasteiger partial charge in [-0.05, 0) is 50.9 Å². The highest BCUT2D eigenvalue weighted by atomic mass is 32.2. The Balaban J connectivity index is 1.14. The summed E-state index contributed by atoms with van der Waals surface area (Å²) in [6, 6.07) is -1.03. The lowest BCUT2D eigenvalue weighted by Gasteiger charge is -2.58. The van der Waals surface area contributed by atoms with Crippen LogP contribution >= 0.6 is 0 Å². The fraction of sp³-hybridized carbons (Fsp3) is 0.667. The van der Waals surface area contributed by atoms with Gasteiger partial charge in [0.05, 0.1) is 43.1 Å². The minimum atomic E-state index is -3.63. The maximum atomic E-state index is 14.5. The lowest BCUT2D eigenvalue weighted by Crippen LogP contribution is -2.67. The summed E-state index contributed by atoms with van der Waals surface area (Å²) in [6.07, 6.45) is 10.7. The molecule has 2 saturated heterocycles. The number of nitrogens with one attached hydrogen (secondary N) is 2. The summed E-state index contributed by atoms with van der Waals surface area (Å²) in [5.41, 5.74) is -1.51. The third-order valence-electron chi connectivity index (χ3n) is 14.5. The molecule has 20 nitrogen and oxygen atoms in total. The predicted octanol–water partition coefficient (Wildman–Crippen LogP) is 1.77. The van der Waals surface area contributed by atoms with Gasteiger partial charge in [-0.2, -0.15) is 0 Å². The molecule has 2 bridgehead atoms. The number of hydrogen-bond donors (Lipinski definition) is 2. The van der Waals surface area contributed by atoms with Gasteiger partial charge in [-0.1, -0.05) is 57.9 Å². The van der Waals surface area contributed by atoms with Gasteiger partial charge in [-0.25, -0.2) is 22.8 Å². The third kappa shape index (κ3) is 12.2. The number of rotatable bonds is 17. The van der Waals surface area contributed by atoms with Crippen molar-refractivity contribution in [3.05, 3.63) is 48.1 Å². The zero-order valence-electron chi connectivity index (χ0n) is 40.2. The first-order valence-electron chi connectivity index (χ1n) is 23.6. The molecular weight excluding hydrogens is 921 g/mol. The number of esters is 3. The van der Waals surface area contributed by atoms with Crippen LogP contribution in [-0.4, -0.2) is 160 Å². The van der Waals surface area contributed by atoms with Crippen LogP contribution in [0.2, 0.25) is 0 Å². The van der Waals surface area contributed by atoms with Gasteiger partial charge in [-0.15, -0.1) is 0 Å². The molecule has 1 saturated carbocycles. The standard InChI is InChI=1S/C48H66N4O16S/c1-30(2)42(50-36(53)12-8-7-11-20-52-37(54)15-16-38(52)55)44(59)49-26-39(56)51(21-23-69(6,61)62)29-65-43-32(4)18-22-63-40(57)13-9-10-14-41(58)68-33-25-35-48(28-66-48)46(33,5)47(27-64-45(43)60)19-17-31(3)24-34(47)67-35/h9-10,13-16,24,30,32-35,42-43H,7-8,11-12,17-23,25-29H2,1-6H3,(H,49,59)(H,50,53)/b13-9+,14-10-/t32-,33-,34-,35-,42+,43+,46-,47-,48+/m1/s1. The average molecular weight is 987 g/mol. The van der Waals surface area contributed by atoms with Crippen molar-refractivity contribution >= 4 is 57.3 Å². The molecule has 0 aromatic heterocycles. The van der Waals surface area contributed by atoms with E-state index in [1.807, 2.05) is 19.9 Å². The highest BCUT2D eigenvalue weighted by Gasteiger charge is 2.83. The van der Waals surface area contributed by atoms with E-state index in [1.165, 1.54) is 30.4 Å². The number of cyclic esters (lactones) is 2. The molecule has 380 valence electrons. The van der Waals surface area contributed by atoms with Gasteiger partial charge in [0, 0.05) is 61.9 Å². The fourth-order valence-corrected chi connectivity index (χ4v) is 10.7. The molecular formula is C48H66N4O16S. The minimum Gasteiger partial charge on any atom is -0.463 e. The number of epoxide rings is 1. The Morgan fingerprint density at radius 1 is 0.957 bits per heavy atom. The number of imide groups is 1. The first kappa shape index (κ1) is 53.1. The molecule has 2 N–H and O–H groups in total. The molecule has 3 fully saturated rings. The van der Waals surface area contributed by atoms with E-state index in [4.69, 9.17) is 28.4 Å². The summed E-state index contributed by atoms with van der Waals surface area (Å²) in [5, 5.41) is 5.25. The van der Waals surface area contributed by atoms with Crippen LogP contribution in [0.4, 0.5) is 0 Å². The summed E-state index contributed by atoms with van der Waals surface area (Å²) in [4.78, 5) is 106. The van der Waals surface area contributed by atoms with E-state index in [0.717, 1.165) is 27.7 Å². The second kappa shape index (κ2) is 22.2. The van der Waals surface area contributed by atoms with E-state index in [0.29, 0.717) is 45.1 Å². The Morgan fingerprint density at radius 2 is 1.65 bits per heavy atom. The smallest absolute Gasteiger partial charge is 0.335 e. The molecule has 0 aromatic rings. The molecule has 0 unspecified atom stereocenters. The topological polar surface area (TPSA) is 260 Å². The Morgan fingerprint density at radius 3 is 2.32 bits per heavy atom. The van der Waals surface area contributed by atoms with Crippen LogP contribution in [0.3, 0.4) is 0 Å². The highest BCUT2D eigenvalue weighted by Crippen LogP contribution is 2.72. The van der Waals surface area contributed by atoms with Crippen molar-refractivity contribution in [2.75, 3.05) is 58.2 Å². The summed E-state index contributed by atoms with van der Waals surface area (Å²) in [6.45, 7) is 7.80.